The fourth-order valence-corrected chi connectivity index (χ4v) is 3.25. The molecule has 1 atom stereocenters. The van der Waals surface area contributed by atoms with E-state index in [1.165, 1.54) is 23.1 Å². The van der Waals surface area contributed by atoms with Crippen LogP contribution in [0.15, 0.2) is 48.5 Å². The fraction of sp³-hybridized carbons (Fsp3) is 0.333. The average molecular weight is 390 g/mol. The summed E-state index contributed by atoms with van der Waals surface area (Å²) in [7, 11) is 0. The van der Waals surface area contributed by atoms with Crippen molar-refractivity contribution in [2.45, 2.75) is 32.4 Å². The van der Waals surface area contributed by atoms with E-state index in [4.69, 9.17) is 0 Å². The highest BCUT2D eigenvalue weighted by Crippen LogP contribution is 2.35. The summed E-state index contributed by atoms with van der Waals surface area (Å²) in [4.78, 5) is 26.4. The van der Waals surface area contributed by atoms with E-state index < -0.39 is 23.6 Å². The number of para-hydroxylation sites is 1. The van der Waals surface area contributed by atoms with Crippen LogP contribution in [0.3, 0.4) is 0 Å². The third-order valence-corrected chi connectivity index (χ3v) is 4.86. The Bertz CT molecular complexity index is 876. The van der Waals surface area contributed by atoms with Gasteiger partial charge in [0.25, 0.3) is 0 Å². The summed E-state index contributed by atoms with van der Waals surface area (Å²) in [6.45, 7) is 4.27. The quantitative estimate of drug-likeness (QED) is 0.814. The number of nitrogens with one attached hydrogen (secondary N) is 1. The molecule has 148 valence electrons. The second kappa shape index (κ2) is 7.66. The number of benzene rings is 2. The van der Waals surface area contributed by atoms with Gasteiger partial charge in [-0.05, 0) is 35.7 Å². The normalized spacial score (nSPS) is 17.3. The Balaban J connectivity index is 1.73. The zero-order chi connectivity index (χ0) is 20.5. The van der Waals surface area contributed by atoms with Gasteiger partial charge in [-0.25, -0.2) is 0 Å². The molecular weight excluding hydrogens is 369 g/mol. The van der Waals surface area contributed by atoms with Crippen LogP contribution in [-0.2, 0) is 15.8 Å². The van der Waals surface area contributed by atoms with Crippen molar-refractivity contribution in [2.75, 3.05) is 16.8 Å². The van der Waals surface area contributed by atoms with Gasteiger partial charge in [-0.3, -0.25) is 9.59 Å². The lowest BCUT2D eigenvalue weighted by molar-refractivity contribution is -0.137. The predicted octanol–water partition coefficient (Wildman–Crippen LogP) is 4.82. The number of carbonyl (C=O) groups is 2. The van der Waals surface area contributed by atoms with Crippen molar-refractivity contribution in [3.05, 3.63) is 59.7 Å². The van der Waals surface area contributed by atoms with Crippen molar-refractivity contribution in [2.24, 2.45) is 5.92 Å². The van der Waals surface area contributed by atoms with Crippen molar-refractivity contribution in [3.63, 3.8) is 0 Å². The topological polar surface area (TPSA) is 49.4 Å². The van der Waals surface area contributed by atoms with Crippen molar-refractivity contribution in [1.82, 2.24) is 0 Å². The molecule has 1 heterocycles. The summed E-state index contributed by atoms with van der Waals surface area (Å²) in [5, 5.41) is 2.34. The first-order chi connectivity index (χ1) is 13.2. The molecule has 1 saturated heterocycles. The van der Waals surface area contributed by atoms with Crippen molar-refractivity contribution in [3.8, 4) is 0 Å². The summed E-state index contributed by atoms with van der Waals surface area (Å²) < 4.78 is 39.3. The van der Waals surface area contributed by atoms with Gasteiger partial charge in [0.15, 0.2) is 0 Å². The molecule has 0 spiro atoms. The minimum Gasteiger partial charge on any atom is -0.325 e. The molecule has 7 heteroatoms. The predicted molar refractivity (Wildman–Crippen MR) is 101 cm³/mol. The van der Waals surface area contributed by atoms with Gasteiger partial charge in [-0.15, -0.1) is 0 Å². The molecule has 0 bridgehead atoms. The molecule has 0 aromatic heterocycles. The lowest BCUT2D eigenvalue weighted by Gasteiger charge is -2.18. The minimum atomic E-state index is -4.57. The Morgan fingerprint density at radius 2 is 1.75 bits per heavy atom. The maximum absolute atomic E-state index is 13.1. The van der Waals surface area contributed by atoms with Gasteiger partial charge in [0.2, 0.25) is 11.8 Å². The number of halogens is 3. The smallest absolute Gasteiger partial charge is 0.325 e. The molecule has 0 saturated carbocycles. The first-order valence-corrected chi connectivity index (χ1v) is 9.04. The Morgan fingerprint density at radius 1 is 1.11 bits per heavy atom. The van der Waals surface area contributed by atoms with Crippen LogP contribution in [0.1, 0.15) is 37.3 Å². The molecule has 1 N–H and O–H groups in total. The maximum atomic E-state index is 13.1. The van der Waals surface area contributed by atoms with Gasteiger partial charge < -0.3 is 10.2 Å². The summed E-state index contributed by atoms with van der Waals surface area (Å²) in [5.74, 6) is -1.16. The van der Waals surface area contributed by atoms with Crippen LogP contribution < -0.4 is 10.2 Å². The lowest BCUT2D eigenvalue weighted by Crippen LogP contribution is -2.28. The third kappa shape index (κ3) is 4.18. The maximum Gasteiger partial charge on any atom is 0.418 e. The molecule has 0 unspecified atom stereocenters. The molecule has 1 aliphatic rings. The minimum absolute atomic E-state index is 0.0358. The van der Waals surface area contributed by atoms with E-state index in [1.807, 2.05) is 24.3 Å². The molecule has 3 rings (SSSR count). The van der Waals surface area contributed by atoms with Gasteiger partial charge in [0, 0.05) is 18.7 Å². The van der Waals surface area contributed by atoms with Crippen molar-refractivity contribution in [1.29, 1.82) is 0 Å². The van der Waals surface area contributed by atoms with E-state index >= 15 is 0 Å². The van der Waals surface area contributed by atoms with Gasteiger partial charge in [-0.1, -0.05) is 38.1 Å². The SMILES string of the molecule is CC(C)c1ccc(N2C[C@H](C(=O)Nc3ccccc3C(F)(F)F)CC2=O)cc1. The molecule has 2 amide bonds. The van der Waals surface area contributed by atoms with Gasteiger partial charge >= 0.3 is 6.18 Å². The van der Waals surface area contributed by atoms with Crippen LogP contribution in [0.4, 0.5) is 24.5 Å². The number of rotatable bonds is 4. The van der Waals surface area contributed by atoms with Crippen LogP contribution in [0.5, 0.6) is 0 Å². The highest BCUT2D eigenvalue weighted by molar-refractivity contribution is 6.03. The third-order valence-electron chi connectivity index (χ3n) is 4.86. The van der Waals surface area contributed by atoms with Crippen LogP contribution in [0.2, 0.25) is 0 Å². The molecule has 28 heavy (non-hydrogen) atoms. The number of hydrogen-bond donors (Lipinski definition) is 1. The molecular formula is C21H21F3N2O2. The summed E-state index contributed by atoms with van der Waals surface area (Å²) in [5.41, 5.74) is 0.606. The van der Waals surface area contributed by atoms with Crippen molar-refractivity contribution < 1.29 is 22.8 Å². The molecule has 2 aromatic carbocycles. The molecule has 1 aliphatic heterocycles. The first-order valence-electron chi connectivity index (χ1n) is 9.04. The van der Waals surface area contributed by atoms with Gasteiger partial charge in [-0.2, -0.15) is 13.2 Å². The largest absolute Gasteiger partial charge is 0.418 e. The number of carbonyl (C=O) groups excluding carboxylic acids is 2. The Labute approximate surface area is 161 Å². The fourth-order valence-electron chi connectivity index (χ4n) is 3.25. The summed E-state index contributed by atoms with van der Waals surface area (Å²) in [6, 6.07) is 12.3. The first kappa shape index (κ1) is 19.9. The van der Waals surface area contributed by atoms with Gasteiger partial charge in [0.1, 0.15) is 0 Å². The van der Waals surface area contributed by atoms with Crippen LogP contribution in [0, 0.1) is 5.92 Å². The standard InChI is InChI=1S/C21H21F3N2O2/c1-13(2)14-7-9-16(10-8-14)26-12-15(11-19(26)27)20(28)25-18-6-4-3-5-17(18)21(22,23)24/h3-10,13,15H,11-12H2,1-2H3,(H,25,28)/t15-/m1/s1. The van der Waals surface area contributed by atoms with Gasteiger partial charge in [0.05, 0.1) is 17.2 Å². The van der Waals surface area contributed by atoms with E-state index in [0.29, 0.717) is 11.6 Å². The highest BCUT2D eigenvalue weighted by atomic mass is 19.4. The summed E-state index contributed by atoms with van der Waals surface area (Å²) in [6.07, 6.45) is -4.61. The Morgan fingerprint density at radius 3 is 2.36 bits per heavy atom. The van der Waals surface area contributed by atoms with E-state index in [2.05, 4.69) is 19.2 Å². The van der Waals surface area contributed by atoms with E-state index in [1.54, 1.807) is 0 Å². The van der Waals surface area contributed by atoms with Crippen molar-refractivity contribution >= 4 is 23.2 Å². The number of hydrogen-bond acceptors (Lipinski definition) is 2. The van der Waals surface area contributed by atoms with E-state index in [-0.39, 0.29) is 24.6 Å². The lowest BCUT2D eigenvalue weighted by atomic mass is 10.0. The second-order valence-electron chi connectivity index (χ2n) is 7.18. The molecule has 1 fully saturated rings. The monoisotopic (exact) mass is 390 g/mol. The van der Waals surface area contributed by atoms with E-state index in [9.17, 15) is 22.8 Å². The molecule has 2 aromatic rings. The number of nitrogens with zero attached hydrogens (tertiary/aromatic N) is 1. The number of amides is 2. The molecule has 4 nitrogen and oxygen atoms in total. The molecule has 0 aliphatic carbocycles. The zero-order valence-electron chi connectivity index (χ0n) is 15.6. The number of alkyl halides is 3. The Kier molecular flexibility index (Phi) is 5.45. The van der Waals surface area contributed by atoms with Crippen LogP contribution in [-0.4, -0.2) is 18.4 Å². The second-order valence-corrected chi connectivity index (χ2v) is 7.18. The highest BCUT2D eigenvalue weighted by Gasteiger charge is 2.37. The van der Waals surface area contributed by atoms with Crippen LogP contribution in [0.25, 0.3) is 0 Å². The van der Waals surface area contributed by atoms with Crippen LogP contribution >= 0.6 is 0 Å². The average Bonchev–Trinajstić information content (AvgIpc) is 3.03. The zero-order valence-corrected chi connectivity index (χ0v) is 15.6. The van der Waals surface area contributed by atoms with E-state index in [0.717, 1.165) is 11.6 Å². The summed E-state index contributed by atoms with van der Waals surface area (Å²) >= 11 is 0. The molecule has 0 radical (unpaired) electrons. The Hall–Kier alpha value is -2.83. The number of anilines is 2.